The first kappa shape index (κ1) is 21.0. The molecule has 7 nitrogen and oxygen atoms in total. The highest BCUT2D eigenvalue weighted by Crippen LogP contribution is 2.20. The summed E-state index contributed by atoms with van der Waals surface area (Å²) >= 11 is 0. The summed E-state index contributed by atoms with van der Waals surface area (Å²) in [7, 11) is -3.50. The minimum absolute atomic E-state index is 0.205. The normalized spacial score (nSPS) is 11.8. The Bertz CT molecular complexity index is 1060. The number of aryl methyl sites for hydroxylation is 1. The fourth-order valence-electron chi connectivity index (χ4n) is 3.28. The topological polar surface area (TPSA) is 80.1 Å². The number of pyridine rings is 1. The third-order valence-corrected chi connectivity index (χ3v) is 7.00. The van der Waals surface area contributed by atoms with Crippen molar-refractivity contribution in [1.29, 1.82) is 0 Å². The molecule has 1 N–H and O–H groups in total. The number of anilines is 1. The van der Waals surface area contributed by atoms with Crippen molar-refractivity contribution >= 4 is 15.8 Å². The molecule has 1 aromatic carbocycles. The van der Waals surface area contributed by atoms with Gasteiger partial charge in [0.05, 0.1) is 11.4 Å². The van der Waals surface area contributed by atoms with Gasteiger partial charge in [-0.05, 0) is 38.1 Å². The molecule has 0 amide bonds. The maximum atomic E-state index is 12.6. The van der Waals surface area contributed by atoms with Crippen molar-refractivity contribution in [2.24, 2.45) is 0 Å². The first-order valence-corrected chi connectivity index (χ1v) is 11.1. The minimum atomic E-state index is -3.50. The molecule has 0 spiro atoms. The van der Waals surface area contributed by atoms with Crippen molar-refractivity contribution in [2.45, 2.75) is 39.1 Å². The van der Waals surface area contributed by atoms with Gasteiger partial charge in [0.15, 0.2) is 0 Å². The first-order chi connectivity index (χ1) is 13.9. The number of nitrogens with zero attached hydrogens (tertiary/aromatic N) is 4. The number of benzene rings is 1. The lowest BCUT2D eigenvalue weighted by Gasteiger charge is -2.18. The molecule has 0 unspecified atom stereocenters. The van der Waals surface area contributed by atoms with Gasteiger partial charge < -0.3 is 5.32 Å². The molecule has 2 heterocycles. The van der Waals surface area contributed by atoms with Crippen molar-refractivity contribution in [3.05, 3.63) is 65.6 Å². The van der Waals surface area contributed by atoms with Gasteiger partial charge >= 0.3 is 0 Å². The monoisotopic (exact) mass is 413 g/mol. The number of sulfonamides is 1. The van der Waals surface area contributed by atoms with E-state index in [-0.39, 0.29) is 4.90 Å². The number of rotatable bonds is 8. The Hall–Kier alpha value is -2.71. The molecule has 0 saturated carbocycles. The highest BCUT2D eigenvalue weighted by Gasteiger charge is 2.21. The van der Waals surface area contributed by atoms with Crippen molar-refractivity contribution in [3.63, 3.8) is 0 Å². The van der Waals surface area contributed by atoms with Gasteiger partial charge in [-0.15, -0.1) is 0 Å². The second kappa shape index (κ2) is 8.75. The zero-order valence-electron chi connectivity index (χ0n) is 17.3. The van der Waals surface area contributed by atoms with Crippen LogP contribution in [0.15, 0.2) is 53.6 Å². The molecule has 0 aliphatic carbocycles. The molecular weight excluding hydrogens is 386 g/mol. The molecule has 2 aromatic heterocycles. The predicted molar refractivity (Wildman–Crippen MR) is 115 cm³/mol. The Balaban J connectivity index is 1.75. The van der Waals surface area contributed by atoms with Gasteiger partial charge in [0.2, 0.25) is 10.0 Å². The number of para-hydroxylation sites is 1. The molecular formula is C21H27N5O2S. The van der Waals surface area contributed by atoms with Gasteiger partial charge in [0.25, 0.3) is 0 Å². The Kier molecular flexibility index (Phi) is 6.34. The van der Waals surface area contributed by atoms with E-state index < -0.39 is 10.0 Å². The van der Waals surface area contributed by atoms with Gasteiger partial charge in [-0.25, -0.2) is 18.1 Å². The molecule has 8 heteroatoms. The Morgan fingerprint density at radius 2 is 1.72 bits per heavy atom. The van der Waals surface area contributed by atoms with Gasteiger partial charge in [-0.2, -0.15) is 9.40 Å². The summed E-state index contributed by atoms with van der Waals surface area (Å²) < 4.78 is 28.5. The minimum Gasteiger partial charge on any atom is -0.366 e. The summed E-state index contributed by atoms with van der Waals surface area (Å²) in [5, 5.41) is 7.92. The van der Waals surface area contributed by atoms with Crippen LogP contribution in [-0.2, 0) is 16.6 Å². The smallest absolute Gasteiger partial charge is 0.244 e. The van der Waals surface area contributed by atoms with E-state index in [9.17, 15) is 8.42 Å². The second-order valence-corrected chi connectivity index (χ2v) is 8.66. The fraction of sp³-hybridized carbons (Fsp3) is 0.333. The van der Waals surface area contributed by atoms with Crippen LogP contribution < -0.4 is 5.32 Å². The molecule has 3 aromatic rings. The van der Waals surface area contributed by atoms with Crippen molar-refractivity contribution in [1.82, 2.24) is 19.1 Å². The molecule has 154 valence electrons. The average Bonchev–Trinajstić information content (AvgIpc) is 3.01. The molecule has 0 atom stereocenters. The van der Waals surface area contributed by atoms with Gasteiger partial charge in [-0.1, -0.05) is 32.0 Å². The standard InChI is InChI=1S/C21H27N5O2S/c1-5-25(6-2)29(27,28)19-12-13-21(22-14-19)23-15-20-16(3)24-26(17(20)4)18-10-8-7-9-11-18/h7-14H,5-6,15H2,1-4H3,(H,22,23). The molecule has 0 aliphatic rings. The first-order valence-electron chi connectivity index (χ1n) is 9.69. The van der Waals surface area contributed by atoms with E-state index in [1.54, 1.807) is 12.1 Å². The van der Waals surface area contributed by atoms with E-state index in [0.717, 1.165) is 22.6 Å². The Morgan fingerprint density at radius 3 is 2.31 bits per heavy atom. The molecule has 0 bridgehead atoms. The molecule has 0 aliphatic heterocycles. The van der Waals surface area contributed by atoms with Crippen molar-refractivity contribution < 1.29 is 8.42 Å². The van der Waals surface area contributed by atoms with Crippen LogP contribution in [0.2, 0.25) is 0 Å². The average molecular weight is 414 g/mol. The largest absolute Gasteiger partial charge is 0.366 e. The fourth-order valence-corrected chi connectivity index (χ4v) is 4.68. The number of aromatic nitrogens is 3. The summed E-state index contributed by atoms with van der Waals surface area (Å²) in [6.45, 7) is 9.09. The van der Waals surface area contributed by atoms with E-state index in [1.165, 1.54) is 10.5 Å². The van der Waals surface area contributed by atoms with Crippen LogP contribution in [0, 0.1) is 13.8 Å². The van der Waals surface area contributed by atoms with E-state index in [1.807, 2.05) is 62.7 Å². The maximum absolute atomic E-state index is 12.6. The van der Waals surface area contributed by atoms with E-state index in [4.69, 9.17) is 0 Å². The number of hydrogen-bond acceptors (Lipinski definition) is 5. The molecule has 3 rings (SSSR count). The quantitative estimate of drug-likeness (QED) is 0.611. The van der Waals surface area contributed by atoms with E-state index >= 15 is 0 Å². The van der Waals surface area contributed by atoms with Crippen LogP contribution in [0.3, 0.4) is 0 Å². The highest BCUT2D eigenvalue weighted by atomic mass is 32.2. The lowest BCUT2D eigenvalue weighted by molar-refractivity contribution is 0.445. The zero-order chi connectivity index (χ0) is 21.0. The van der Waals surface area contributed by atoms with E-state index in [0.29, 0.717) is 25.5 Å². The zero-order valence-corrected chi connectivity index (χ0v) is 18.1. The summed E-state index contributed by atoms with van der Waals surface area (Å²) in [6.07, 6.45) is 1.41. The lowest BCUT2D eigenvalue weighted by Crippen LogP contribution is -2.30. The summed E-state index contributed by atoms with van der Waals surface area (Å²) in [5.74, 6) is 0.620. The number of hydrogen-bond donors (Lipinski definition) is 1. The predicted octanol–water partition coefficient (Wildman–Crippen LogP) is 3.53. The van der Waals surface area contributed by atoms with Crippen LogP contribution >= 0.6 is 0 Å². The Morgan fingerprint density at radius 1 is 1.03 bits per heavy atom. The van der Waals surface area contributed by atoms with E-state index in [2.05, 4.69) is 15.4 Å². The van der Waals surface area contributed by atoms with Gasteiger partial charge in [-0.3, -0.25) is 0 Å². The molecule has 0 fully saturated rings. The molecule has 0 saturated heterocycles. The lowest BCUT2D eigenvalue weighted by atomic mass is 10.2. The summed E-state index contributed by atoms with van der Waals surface area (Å²) in [6, 6.07) is 13.3. The van der Waals surface area contributed by atoms with Crippen LogP contribution in [0.4, 0.5) is 5.82 Å². The highest BCUT2D eigenvalue weighted by molar-refractivity contribution is 7.89. The third-order valence-electron chi connectivity index (χ3n) is 4.97. The van der Waals surface area contributed by atoms with Crippen molar-refractivity contribution in [2.75, 3.05) is 18.4 Å². The van der Waals surface area contributed by atoms with Crippen LogP contribution in [0.5, 0.6) is 0 Å². The second-order valence-electron chi connectivity index (χ2n) is 6.72. The number of nitrogens with one attached hydrogen (secondary N) is 1. The SMILES string of the molecule is CCN(CC)S(=O)(=O)c1ccc(NCc2c(C)nn(-c3ccccc3)c2C)nc1. The van der Waals surface area contributed by atoms with Crippen molar-refractivity contribution in [3.8, 4) is 5.69 Å². The maximum Gasteiger partial charge on any atom is 0.244 e. The molecule has 29 heavy (non-hydrogen) atoms. The van der Waals surface area contributed by atoms with Crippen LogP contribution in [0.25, 0.3) is 5.69 Å². The Labute approximate surface area is 172 Å². The van der Waals surface area contributed by atoms with Gasteiger partial charge in [0.1, 0.15) is 10.7 Å². The van der Waals surface area contributed by atoms with Gasteiger partial charge in [0, 0.05) is 37.1 Å². The van der Waals surface area contributed by atoms with Crippen LogP contribution in [-0.4, -0.2) is 40.6 Å². The van der Waals surface area contributed by atoms with Crippen LogP contribution in [0.1, 0.15) is 30.8 Å². The summed E-state index contributed by atoms with van der Waals surface area (Å²) in [4.78, 5) is 4.50. The summed E-state index contributed by atoms with van der Waals surface area (Å²) in [5.41, 5.74) is 4.11. The molecule has 0 radical (unpaired) electrons. The third kappa shape index (κ3) is 4.33.